The maximum absolute atomic E-state index is 13.9. The molecule has 0 spiro atoms. The van der Waals surface area contributed by atoms with Gasteiger partial charge in [-0.05, 0) is 36.6 Å². The van der Waals surface area contributed by atoms with Crippen LogP contribution in [0.25, 0.3) is 0 Å². The van der Waals surface area contributed by atoms with Gasteiger partial charge in [-0.3, -0.25) is 28.9 Å². The van der Waals surface area contributed by atoms with Crippen LogP contribution in [0, 0.1) is 23.7 Å². The smallest absolute Gasteiger partial charge is 0.235 e. The molecular weight excluding hydrogens is 468 g/mol. The molecule has 4 rings (SSSR count). The number of aliphatic hydroxyl groups excluding tert-OH is 1. The normalized spacial score (nSPS) is 36.4. The van der Waals surface area contributed by atoms with Crippen LogP contribution in [-0.4, -0.2) is 81.1 Å². The molecule has 1 aromatic rings. The third-order valence-corrected chi connectivity index (χ3v) is 8.30. The number of hydrogen-bond acceptors (Lipinski definition) is 9. The van der Waals surface area contributed by atoms with Crippen LogP contribution in [0.1, 0.15) is 55.1 Å². The van der Waals surface area contributed by atoms with Crippen LogP contribution in [0.4, 0.5) is 0 Å². The van der Waals surface area contributed by atoms with Crippen molar-refractivity contribution in [2.75, 3.05) is 14.1 Å². The predicted molar refractivity (Wildman–Crippen MR) is 126 cm³/mol. The van der Waals surface area contributed by atoms with E-state index in [1.54, 1.807) is 19.1 Å². The maximum Gasteiger partial charge on any atom is 0.235 e. The number of carbonyl (C=O) groups excluding carboxylic acids is 5. The van der Waals surface area contributed by atoms with Gasteiger partial charge in [-0.25, -0.2) is 0 Å². The standard InChI is InChI=1S/C26H32N2O8/c1-9-10-7-8-11(25(2,3)4)18(29)13(10)19(30)14-12(9)20(31)16-17(28(5)6)21(32)15(24(27)35)23(34)26(16,36)22(14)33/h7-9,12,14-17,20,29,31,36H,1-6H3,(H2,27,35)/t9-,12?,14?,15?,16?,17-,20-,26-/m0/s1. The molecule has 0 aliphatic heterocycles. The van der Waals surface area contributed by atoms with E-state index in [0.29, 0.717) is 11.1 Å². The Hall–Kier alpha value is -2.95. The Labute approximate surface area is 208 Å². The molecule has 3 aliphatic rings. The van der Waals surface area contributed by atoms with Crippen LogP contribution in [0.3, 0.4) is 0 Å². The Balaban J connectivity index is 1.96. The number of hydrogen-bond donors (Lipinski definition) is 4. The van der Waals surface area contributed by atoms with Gasteiger partial charge >= 0.3 is 0 Å². The van der Waals surface area contributed by atoms with E-state index >= 15 is 0 Å². The van der Waals surface area contributed by atoms with Gasteiger partial charge in [0.2, 0.25) is 5.91 Å². The second-order valence-electron chi connectivity index (χ2n) is 11.5. The number of nitrogens with two attached hydrogens (primary N) is 1. The number of amides is 1. The highest BCUT2D eigenvalue weighted by molar-refractivity contribution is 6.32. The molecule has 5 N–H and O–H groups in total. The number of rotatable bonds is 2. The number of primary amides is 1. The molecule has 0 saturated heterocycles. The van der Waals surface area contributed by atoms with Gasteiger partial charge in [0.05, 0.1) is 29.5 Å². The Morgan fingerprint density at radius 3 is 2.17 bits per heavy atom. The number of aliphatic hydroxyl groups is 2. The fourth-order valence-corrected chi connectivity index (χ4v) is 6.59. The van der Waals surface area contributed by atoms with Gasteiger partial charge in [0, 0.05) is 5.92 Å². The van der Waals surface area contributed by atoms with Crippen LogP contribution in [-0.2, 0) is 24.6 Å². The molecule has 0 aromatic heterocycles. The minimum atomic E-state index is -2.99. The first-order valence-electron chi connectivity index (χ1n) is 11.9. The molecule has 0 radical (unpaired) electrons. The van der Waals surface area contributed by atoms with E-state index in [2.05, 4.69) is 0 Å². The summed E-state index contributed by atoms with van der Waals surface area (Å²) < 4.78 is 0. The SMILES string of the molecule is C[C@H]1c2ccc(C(C)(C)C)c(O)c2C(=O)C2C(=O)[C@]3(O)C(=O)C(C(N)=O)C(=O)[C@@H](N(C)C)C3[C@@H](O)C21. The zero-order valence-corrected chi connectivity index (χ0v) is 21.1. The van der Waals surface area contributed by atoms with Crippen molar-refractivity contribution in [1.82, 2.24) is 4.90 Å². The first-order chi connectivity index (χ1) is 16.5. The van der Waals surface area contributed by atoms with Crippen LogP contribution in [0.15, 0.2) is 12.1 Å². The molecule has 1 aromatic carbocycles. The summed E-state index contributed by atoms with van der Waals surface area (Å²) in [5, 5.41) is 34.3. The largest absolute Gasteiger partial charge is 0.507 e. The van der Waals surface area contributed by atoms with Gasteiger partial charge in [-0.2, -0.15) is 0 Å². The first-order valence-corrected chi connectivity index (χ1v) is 11.9. The van der Waals surface area contributed by atoms with Gasteiger partial charge in [0.1, 0.15) is 5.75 Å². The number of phenols is 1. The molecule has 0 heterocycles. The lowest BCUT2D eigenvalue weighted by atomic mass is 9.49. The number of nitrogens with zero attached hydrogens (tertiary/aromatic N) is 1. The van der Waals surface area contributed by atoms with Crippen LogP contribution >= 0.6 is 0 Å². The molecule has 194 valence electrons. The molecule has 2 saturated carbocycles. The molecule has 10 heteroatoms. The number of aromatic hydroxyl groups is 1. The van der Waals surface area contributed by atoms with Crippen molar-refractivity contribution in [3.63, 3.8) is 0 Å². The highest BCUT2D eigenvalue weighted by atomic mass is 16.3. The van der Waals surface area contributed by atoms with E-state index < -0.39 is 81.8 Å². The Bertz CT molecular complexity index is 1220. The fourth-order valence-electron chi connectivity index (χ4n) is 6.59. The van der Waals surface area contributed by atoms with Crippen molar-refractivity contribution < 1.29 is 39.3 Å². The minimum absolute atomic E-state index is 0.0891. The van der Waals surface area contributed by atoms with Crippen LogP contribution in [0.5, 0.6) is 5.75 Å². The average molecular weight is 501 g/mol. The Morgan fingerprint density at radius 1 is 1.08 bits per heavy atom. The van der Waals surface area contributed by atoms with Crippen molar-refractivity contribution in [1.29, 1.82) is 0 Å². The van der Waals surface area contributed by atoms with Crippen molar-refractivity contribution in [3.05, 3.63) is 28.8 Å². The summed E-state index contributed by atoms with van der Waals surface area (Å²) in [5.41, 5.74) is 2.59. The van der Waals surface area contributed by atoms with E-state index in [4.69, 9.17) is 5.73 Å². The third kappa shape index (κ3) is 3.17. The minimum Gasteiger partial charge on any atom is -0.507 e. The lowest BCUT2D eigenvalue weighted by Gasteiger charge is -2.56. The predicted octanol–water partition coefficient (Wildman–Crippen LogP) is -0.304. The molecule has 3 aliphatic carbocycles. The molecule has 1 amide bonds. The zero-order chi connectivity index (χ0) is 27.2. The van der Waals surface area contributed by atoms with E-state index in [1.165, 1.54) is 19.0 Å². The lowest BCUT2D eigenvalue weighted by molar-refractivity contribution is -0.196. The number of fused-ring (bicyclic) bond motifs is 3. The summed E-state index contributed by atoms with van der Waals surface area (Å²) in [7, 11) is 2.91. The van der Waals surface area contributed by atoms with E-state index in [-0.39, 0.29) is 11.3 Å². The van der Waals surface area contributed by atoms with Crippen molar-refractivity contribution >= 4 is 29.0 Å². The molecule has 0 bridgehead atoms. The highest BCUT2D eigenvalue weighted by Gasteiger charge is 2.72. The number of phenolic OH excluding ortho intramolecular Hbond substituents is 1. The maximum atomic E-state index is 13.9. The number of carbonyl (C=O) groups is 5. The van der Waals surface area contributed by atoms with E-state index in [9.17, 15) is 39.3 Å². The van der Waals surface area contributed by atoms with Crippen molar-refractivity contribution in [2.24, 2.45) is 29.4 Å². The molecule has 8 atom stereocenters. The van der Waals surface area contributed by atoms with E-state index in [0.717, 1.165) is 0 Å². The number of benzene rings is 1. The van der Waals surface area contributed by atoms with Crippen LogP contribution in [0.2, 0.25) is 0 Å². The van der Waals surface area contributed by atoms with Gasteiger partial charge in [0.15, 0.2) is 34.7 Å². The summed E-state index contributed by atoms with van der Waals surface area (Å²) in [6, 6.07) is 1.99. The molecular formula is C26H32N2O8. The summed E-state index contributed by atoms with van der Waals surface area (Å²) in [6.07, 6.45) is -1.64. The van der Waals surface area contributed by atoms with Gasteiger partial charge in [-0.1, -0.05) is 39.8 Å². The monoisotopic (exact) mass is 500 g/mol. The highest BCUT2D eigenvalue weighted by Crippen LogP contribution is 2.55. The zero-order valence-electron chi connectivity index (χ0n) is 21.1. The third-order valence-electron chi connectivity index (χ3n) is 8.30. The number of Topliss-reactive ketones (excluding diaryl/α,β-unsaturated/α-hetero) is 4. The second-order valence-corrected chi connectivity index (χ2v) is 11.5. The Morgan fingerprint density at radius 2 is 1.67 bits per heavy atom. The topological polar surface area (TPSA) is 175 Å². The lowest BCUT2D eigenvalue weighted by Crippen LogP contribution is -2.77. The van der Waals surface area contributed by atoms with Gasteiger partial charge in [-0.15, -0.1) is 0 Å². The van der Waals surface area contributed by atoms with Crippen molar-refractivity contribution in [2.45, 2.75) is 56.8 Å². The quantitative estimate of drug-likeness (QED) is 0.397. The molecule has 10 nitrogen and oxygen atoms in total. The summed E-state index contributed by atoms with van der Waals surface area (Å²) in [5.74, 6) is -13.1. The van der Waals surface area contributed by atoms with E-state index in [1.807, 2.05) is 20.8 Å². The molecule has 2 fully saturated rings. The summed E-state index contributed by atoms with van der Waals surface area (Å²) >= 11 is 0. The first kappa shape index (κ1) is 26.1. The summed E-state index contributed by atoms with van der Waals surface area (Å²) in [4.78, 5) is 67.6. The Kier molecular flexibility index (Phi) is 5.82. The van der Waals surface area contributed by atoms with Crippen LogP contribution < -0.4 is 5.73 Å². The number of likely N-dealkylation sites (N-methyl/N-ethyl adjacent to an activating group) is 1. The second kappa shape index (κ2) is 8.03. The fraction of sp³-hybridized carbons (Fsp3) is 0.577. The van der Waals surface area contributed by atoms with Crippen molar-refractivity contribution in [3.8, 4) is 5.75 Å². The van der Waals surface area contributed by atoms with Gasteiger partial charge in [0.25, 0.3) is 0 Å². The number of ketones is 4. The average Bonchev–Trinajstić information content (AvgIpc) is 2.75. The molecule has 36 heavy (non-hydrogen) atoms. The summed E-state index contributed by atoms with van der Waals surface area (Å²) in [6.45, 7) is 7.23. The molecule has 4 unspecified atom stereocenters. The van der Waals surface area contributed by atoms with Gasteiger partial charge < -0.3 is 21.1 Å².